The van der Waals surface area contributed by atoms with E-state index in [2.05, 4.69) is 10.2 Å². The highest BCUT2D eigenvalue weighted by Gasteiger charge is 2.26. The van der Waals surface area contributed by atoms with E-state index in [0.717, 1.165) is 31.2 Å². The molecule has 0 unspecified atom stereocenters. The summed E-state index contributed by atoms with van der Waals surface area (Å²) in [6.07, 6.45) is 7.36. The molecule has 0 saturated heterocycles. The van der Waals surface area contributed by atoms with Gasteiger partial charge in [-0.2, -0.15) is 5.10 Å². The minimum Gasteiger partial charge on any atom is -0.341 e. The standard InChI is InChI=1S/C12H20N4O/c1-16(8-9-6-14-15-7-9)12(17)10-2-4-11(13)5-3-10/h6-7,10-11H,2-5,8,13H2,1H3,(H,14,15). The number of nitrogens with two attached hydrogens (primary N) is 1. The van der Waals surface area contributed by atoms with Crippen molar-refractivity contribution in [2.45, 2.75) is 38.3 Å². The molecule has 1 aromatic heterocycles. The lowest BCUT2D eigenvalue weighted by atomic mass is 9.85. The van der Waals surface area contributed by atoms with Crippen LogP contribution in [0.4, 0.5) is 0 Å². The number of amides is 1. The highest BCUT2D eigenvalue weighted by molar-refractivity contribution is 5.78. The van der Waals surface area contributed by atoms with E-state index >= 15 is 0 Å². The van der Waals surface area contributed by atoms with E-state index in [0.29, 0.717) is 12.6 Å². The normalized spacial score (nSPS) is 24.6. The molecule has 1 heterocycles. The molecule has 1 amide bonds. The maximum absolute atomic E-state index is 12.2. The maximum Gasteiger partial charge on any atom is 0.225 e. The van der Waals surface area contributed by atoms with Crippen molar-refractivity contribution in [3.05, 3.63) is 18.0 Å². The Kier molecular flexibility index (Phi) is 3.78. The first kappa shape index (κ1) is 12.1. The largest absolute Gasteiger partial charge is 0.341 e. The molecule has 1 saturated carbocycles. The lowest BCUT2D eigenvalue weighted by Crippen LogP contribution is -2.37. The molecule has 1 aromatic rings. The van der Waals surface area contributed by atoms with E-state index in [4.69, 9.17) is 5.73 Å². The van der Waals surface area contributed by atoms with Crippen LogP contribution in [0.15, 0.2) is 12.4 Å². The van der Waals surface area contributed by atoms with Crippen LogP contribution < -0.4 is 5.73 Å². The summed E-state index contributed by atoms with van der Waals surface area (Å²) in [5, 5.41) is 6.63. The van der Waals surface area contributed by atoms with E-state index in [-0.39, 0.29) is 11.8 Å². The molecule has 17 heavy (non-hydrogen) atoms. The van der Waals surface area contributed by atoms with Gasteiger partial charge in [-0.1, -0.05) is 0 Å². The van der Waals surface area contributed by atoms with Crippen molar-refractivity contribution in [2.24, 2.45) is 11.7 Å². The summed E-state index contributed by atoms with van der Waals surface area (Å²) in [5.41, 5.74) is 6.88. The lowest BCUT2D eigenvalue weighted by Gasteiger charge is -2.28. The number of carbonyl (C=O) groups excluding carboxylic acids is 1. The molecule has 94 valence electrons. The molecule has 0 atom stereocenters. The van der Waals surface area contributed by atoms with Crippen LogP contribution in [0, 0.1) is 5.92 Å². The second-order valence-electron chi connectivity index (χ2n) is 4.91. The molecule has 5 nitrogen and oxygen atoms in total. The molecular weight excluding hydrogens is 216 g/mol. The van der Waals surface area contributed by atoms with Crippen molar-refractivity contribution in [2.75, 3.05) is 7.05 Å². The summed E-state index contributed by atoms with van der Waals surface area (Å²) >= 11 is 0. The third-order valence-corrected chi connectivity index (χ3v) is 3.47. The zero-order valence-electron chi connectivity index (χ0n) is 10.2. The van der Waals surface area contributed by atoms with Crippen LogP contribution in [0.25, 0.3) is 0 Å². The van der Waals surface area contributed by atoms with E-state index in [1.807, 2.05) is 13.2 Å². The van der Waals surface area contributed by atoms with Gasteiger partial charge in [0.25, 0.3) is 0 Å². The second-order valence-corrected chi connectivity index (χ2v) is 4.91. The van der Waals surface area contributed by atoms with E-state index in [1.165, 1.54) is 0 Å². The number of nitrogens with zero attached hydrogens (tertiary/aromatic N) is 2. The molecule has 0 aromatic carbocycles. The van der Waals surface area contributed by atoms with Crippen LogP contribution in [0.5, 0.6) is 0 Å². The number of H-pyrrole nitrogens is 1. The van der Waals surface area contributed by atoms with Crippen molar-refractivity contribution in [3.63, 3.8) is 0 Å². The zero-order valence-corrected chi connectivity index (χ0v) is 10.2. The number of nitrogens with one attached hydrogen (secondary N) is 1. The Morgan fingerprint density at radius 2 is 2.24 bits per heavy atom. The topological polar surface area (TPSA) is 75.0 Å². The molecule has 1 fully saturated rings. The minimum atomic E-state index is 0.159. The van der Waals surface area contributed by atoms with E-state index in [9.17, 15) is 4.79 Å². The van der Waals surface area contributed by atoms with Crippen LogP contribution in [0.1, 0.15) is 31.2 Å². The minimum absolute atomic E-state index is 0.159. The van der Waals surface area contributed by atoms with Gasteiger partial charge in [0, 0.05) is 37.3 Å². The number of hydrogen-bond acceptors (Lipinski definition) is 3. The van der Waals surface area contributed by atoms with Crippen LogP contribution in [-0.2, 0) is 11.3 Å². The Hall–Kier alpha value is -1.36. The van der Waals surface area contributed by atoms with Gasteiger partial charge in [0.15, 0.2) is 0 Å². The van der Waals surface area contributed by atoms with Gasteiger partial charge >= 0.3 is 0 Å². The molecule has 0 aliphatic heterocycles. The van der Waals surface area contributed by atoms with Crippen molar-refractivity contribution in [3.8, 4) is 0 Å². The summed E-state index contributed by atoms with van der Waals surface area (Å²) in [6.45, 7) is 0.623. The maximum atomic E-state index is 12.2. The fourth-order valence-corrected chi connectivity index (χ4v) is 2.39. The van der Waals surface area contributed by atoms with Crippen molar-refractivity contribution in [1.29, 1.82) is 0 Å². The number of aromatic nitrogens is 2. The molecule has 0 bridgehead atoms. The molecule has 1 aliphatic rings. The SMILES string of the molecule is CN(Cc1cn[nH]c1)C(=O)C1CCC(N)CC1. The van der Waals surface area contributed by atoms with Crippen LogP contribution in [-0.4, -0.2) is 34.1 Å². The van der Waals surface area contributed by atoms with Crippen molar-refractivity contribution < 1.29 is 4.79 Å². The van der Waals surface area contributed by atoms with Gasteiger partial charge in [-0.25, -0.2) is 0 Å². The highest BCUT2D eigenvalue weighted by Crippen LogP contribution is 2.25. The fraction of sp³-hybridized carbons (Fsp3) is 0.667. The Bertz CT molecular complexity index is 355. The monoisotopic (exact) mass is 236 g/mol. The Morgan fingerprint density at radius 1 is 1.53 bits per heavy atom. The summed E-state index contributed by atoms with van der Waals surface area (Å²) in [6, 6.07) is 0.290. The molecule has 5 heteroatoms. The quantitative estimate of drug-likeness (QED) is 0.818. The molecule has 2 rings (SSSR count). The number of aromatic amines is 1. The number of rotatable bonds is 3. The number of carbonyl (C=O) groups is 1. The average molecular weight is 236 g/mol. The predicted octanol–water partition coefficient (Wildman–Crippen LogP) is 0.886. The fourth-order valence-electron chi connectivity index (χ4n) is 2.39. The Balaban J connectivity index is 1.86. The summed E-state index contributed by atoms with van der Waals surface area (Å²) in [5.74, 6) is 0.393. The smallest absolute Gasteiger partial charge is 0.225 e. The Labute approximate surface area is 101 Å². The molecular formula is C12H20N4O. The first-order valence-electron chi connectivity index (χ1n) is 6.15. The van der Waals surface area contributed by atoms with E-state index in [1.54, 1.807) is 11.1 Å². The summed E-state index contributed by atoms with van der Waals surface area (Å²) in [7, 11) is 1.85. The van der Waals surface area contributed by atoms with Gasteiger partial charge in [0.1, 0.15) is 0 Å². The van der Waals surface area contributed by atoms with Crippen LogP contribution in [0.2, 0.25) is 0 Å². The molecule has 0 spiro atoms. The van der Waals surface area contributed by atoms with E-state index < -0.39 is 0 Å². The zero-order chi connectivity index (χ0) is 12.3. The van der Waals surface area contributed by atoms with Gasteiger partial charge in [0.05, 0.1) is 6.20 Å². The molecule has 1 aliphatic carbocycles. The number of hydrogen-bond donors (Lipinski definition) is 2. The molecule has 3 N–H and O–H groups in total. The van der Waals surface area contributed by atoms with Crippen LogP contribution >= 0.6 is 0 Å². The second kappa shape index (κ2) is 5.31. The predicted molar refractivity (Wildman–Crippen MR) is 65.0 cm³/mol. The first-order chi connectivity index (χ1) is 8.16. The van der Waals surface area contributed by atoms with Gasteiger partial charge in [-0.15, -0.1) is 0 Å². The van der Waals surface area contributed by atoms with Gasteiger partial charge < -0.3 is 10.6 Å². The highest BCUT2D eigenvalue weighted by atomic mass is 16.2. The average Bonchev–Trinajstić information content (AvgIpc) is 2.82. The first-order valence-corrected chi connectivity index (χ1v) is 6.15. The summed E-state index contributed by atoms with van der Waals surface area (Å²) in [4.78, 5) is 14.0. The third kappa shape index (κ3) is 3.06. The lowest BCUT2D eigenvalue weighted by molar-refractivity contribution is -0.135. The van der Waals surface area contributed by atoms with Gasteiger partial charge in [-0.05, 0) is 25.7 Å². The van der Waals surface area contributed by atoms with Crippen LogP contribution in [0.3, 0.4) is 0 Å². The molecule has 0 radical (unpaired) electrons. The third-order valence-electron chi connectivity index (χ3n) is 3.47. The summed E-state index contributed by atoms with van der Waals surface area (Å²) < 4.78 is 0. The van der Waals surface area contributed by atoms with Gasteiger partial charge in [0.2, 0.25) is 5.91 Å². The Morgan fingerprint density at radius 3 is 2.82 bits per heavy atom. The van der Waals surface area contributed by atoms with Gasteiger partial charge in [-0.3, -0.25) is 9.89 Å². The van der Waals surface area contributed by atoms with Crippen molar-refractivity contribution in [1.82, 2.24) is 15.1 Å². The van der Waals surface area contributed by atoms with Crippen molar-refractivity contribution >= 4 is 5.91 Å².